The van der Waals surface area contributed by atoms with E-state index in [9.17, 15) is 4.79 Å². The second-order valence-corrected chi connectivity index (χ2v) is 3.62. The second kappa shape index (κ2) is 3.77. The second-order valence-electron chi connectivity index (χ2n) is 3.62. The SMILES string of the molecule is CC(C)=CCOc1c(C=O)ccc2c1O2. The van der Waals surface area contributed by atoms with Crippen LogP contribution in [0.5, 0.6) is 17.2 Å². The molecule has 0 bridgehead atoms. The maximum absolute atomic E-state index is 10.7. The summed E-state index contributed by atoms with van der Waals surface area (Å²) in [7, 11) is 0. The van der Waals surface area contributed by atoms with Crippen LogP contribution >= 0.6 is 0 Å². The highest BCUT2D eigenvalue weighted by molar-refractivity contribution is 5.84. The van der Waals surface area contributed by atoms with Crippen LogP contribution in [-0.2, 0) is 0 Å². The highest BCUT2D eigenvalue weighted by Gasteiger charge is 2.28. The van der Waals surface area contributed by atoms with Crippen LogP contribution < -0.4 is 9.47 Å². The zero-order valence-corrected chi connectivity index (χ0v) is 8.74. The first-order valence-corrected chi connectivity index (χ1v) is 4.78. The minimum absolute atomic E-state index is 0.461. The van der Waals surface area contributed by atoms with E-state index in [0.717, 1.165) is 12.0 Å². The molecule has 1 aliphatic rings. The summed E-state index contributed by atoms with van der Waals surface area (Å²) in [5, 5.41) is 0. The van der Waals surface area contributed by atoms with E-state index in [-0.39, 0.29) is 0 Å². The maximum atomic E-state index is 10.7. The molecule has 0 spiro atoms. The first-order valence-electron chi connectivity index (χ1n) is 4.78. The average Bonchev–Trinajstić information content (AvgIpc) is 2.96. The minimum Gasteiger partial charge on any atom is -0.485 e. The van der Waals surface area contributed by atoms with Gasteiger partial charge in [-0.15, -0.1) is 0 Å². The van der Waals surface area contributed by atoms with E-state index in [1.807, 2.05) is 19.9 Å². The predicted octanol–water partition coefficient (Wildman–Crippen LogP) is 2.95. The van der Waals surface area contributed by atoms with E-state index in [1.165, 1.54) is 5.57 Å². The molecular weight excluding hydrogens is 192 g/mol. The summed E-state index contributed by atoms with van der Waals surface area (Å²) in [6.07, 6.45) is 2.73. The Balaban J connectivity index is 2.15. The molecule has 0 radical (unpaired) electrons. The lowest BCUT2D eigenvalue weighted by Crippen LogP contribution is -1.96. The number of rotatable bonds is 4. The van der Waals surface area contributed by atoms with Gasteiger partial charge in [0.15, 0.2) is 17.8 Å². The highest BCUT2D eigenvalue weighted by Crippen LogP contribution is 2.53. The third-order valence-electron chi connectivity index (χ3n) is 2.12. The molecule has 1 aliphatic heterocycles. The fourth-order valence-corrected chi connectivity index (χ4v) is 1.26. The van der Waals surface area contributed by atoms with E-state index in [1.54, 1.807) is 12.1 Å². The van der Waals surface area contributed by atoms with Crippen molar-refractivity contribution in [3.05, 3.63) is 29.3 Å². The first-order chi connectivity index (χ1) is 7.22. The molecule has 0 N–H and O–H groups in total. The van der Waals surface area contributed by atoms with Gasteiger partial charge in [-0.2, -0.15) is 0 Å². The number of allylic oxidation sites excluding steroid dienone is 1. The van der Waals surface area contributed by atoms with Gasteiger partial charge in [0.05, 0.1) is 5.56 Å². The van der Waals surface area contributed by atoms with Crippen molar-refractivity contribution < 1.29 is 14.3 Å². The molecule has 0 fully saturated rings. The van der Waals surface area contributed by atoms with Gasteiger partial charge in [-0.25, -0.2) is 0 Å². The van der Waals surface area contributed by atoms with Crippen LogP contribution in [0.4, 0.5) is 0 Å². The molecule has 0 saturated carbocycles. The van der Waals surface area contributed by atoms with Gasteiger partial charge in [-0.05, 0) is 32.1 Å². The Hall–Kier alpha value is -1.77. The zero-order valence-electron chi connectivity index (χ0n) is 8.74. The number of hydrogen-bond donors (Lipinski definition) is 0. The summed E-state index contributed by atoms with van der Waals surface area (Å²) < 4.78 is 10.7. The van der Waals surface area contributed by atoms with Crippen LogP contribution in [0.2, 0.25) is 0 Å². The van der Waals surface area contributed by atoms with Crippen LogP contribution in [0.1, 0.15) is 24.2 Å². The Morgan fingerprint density at radius 2 is 2.27 bits per heavy atom. The van der Waals surface area contributed by atoms with E-state index in [2.05, 4.69) is 0 Å². The predicted molar refractivity (Wildman–Crippen MR) is 56.8 cm³/mol. The molecule has 1 aromatic carbocycles. The van der Waals surface area contributed by atoms with Gasteiger partial charge >= 0.3 is 0 Å². The lowest BCUT2D eigenvalue weighted by Gasteiger charge is -2.03. The first kappa shape index (κ1) is 9.77. The van der Waals surface area contributed by atoms with Crippen molar-refractivity contribution in [2.75, 3.05) is 6.61 Å². The third-order valence-corrected chi connectivity index (χ3v) is 2.12. The number of benzene rings is 1. The van der Waals surface area contributed by atoms with Gasteiger partial charge in [0.25, 0.3) is 0 Å². The van der Waals surface area contributed by atoms with Crippen LogP contribution in [0.15, 0.2) is 23.8 Å². The molecule has 0 aromatic heterocycles. The number of fused-ring (bicyclic) bond motifs is 1. The Bertz CT molecular complexity index is 429. The van der Waals surface area contributed by atoms with Gasteiger partial charge < -0.3 is 9.47 Å². The van der Waals surface area contributed by atoms with Crippen molar-refractivity contribution in [2.24, 2.45) is 0 Å². The van der Waals surface area contributed by atoms with Crippen molar-refractivity contribution in [1.29, 1.82) is 0 Å². The van der Waals surface area contributed by atoms with E-state index in [4.69, 9.17) is 9.47 Å². The molecule has 3 nitrogen and oxygen atoms in total. The molecule has 1 aromatic rings. The molecule has 15 heavy (non-hydrogen) atoms. The molecule has 0 saturated heterocycles. The van der Waals surface area contributed by atoms with Crippen LogP contribution in [-0.4, -0.2) is 12.9 Å². The lowest BCUT2D eigenvalue weighted by molar-refractivity contribution is 0.112. The standard InChI is InChI=1S/C12H12O3/c1-8(2)5-6-14-11-9(7-13)3-4-10-12(11)15-10/h3-5,7H,6H2,1-2H3. The van der Waals surface area contributed by atoms with E-state index in [0.29, 0.717) is 23.7 Å². The number of ether oxygens (including phenoxy) is 2. The van der Waals surface area contributed by atoms with Crippen molar-refractivity contribution >= 4 is 6.29 Å². The molecule has 0 amide bonds. The average molecular weight is 204 g/mol. The Kier molecular flexibility index (Phi) is 2.46. The smallest absolute Gasteiger partial charge is 0.212 e. The molecule has 3 heteroatoms. The molecule has 0 unspecified atom stereocenters. The molecule has 0 aliphatic carbocycles. The maximum Gasteiger partial charge on any atom is 0.212 e. The summed E-state index contributed by atoms with van der Waals surface area (Å²) in [4.78, 5) is 10.7. The summed E-state index contributed by atoms with van der Waals surface area (Å²) >= 11 is 0. The fraction of sp³-hybridized carbons (Fsp3) is 0.250. The molecule has 1 heterocycles. The summed E-state index contributed by atoms with van der Waals surface area (Å²) in [5.41, 5.74) is 1.72. The monoisotopic (exact) mass is 204 g/mol. The third kappa shape index (κ3) is 2.01. The number of hydrogen-bond acceptors (Lipinski definition) is 3. The van der Waals surface area contributed by atoms with Crippen molar-refractivity contribution in [3.63, 3.8) is 0 Å². The largest absolute Gasteiger partial charge is 0.485 e. The highest BCUT2D eigenvalue weighted by atomic mass is 16.6. The summed E-state index contributed by atoms with van der Waals surface area (Å²) in [6.45, 7) is 4.46. The lowest BCUT2D eigenvalue weighted by atomic mass is 10.2. The molecule has 2 rings (SSSR count). The number of aldehydes is 1. The zero-order chi connectivity index (χ0) is 10.8. The van der Waals surface area contributed by atoms with E-state index < -0.39 is 0 Å². The van der Waals surface area contributed by atoms with Gasteiger partial charge in [0.2, 0.25) is 5.75 Å². The van der Waals surface area contributed by atoms with Crippen molar-refractivity contribution in [2.45, 2.75) is 13.8 Å². The van der Waals surface area contributed by atoms with Crippen molar-refractivity contribution in [3.8, 4) is 17.2 Å². The topological polar surface area (TPSA) is 38.8 Å². The van der Waals surface area contributed by atoms with Crippen molar-refractivity contribution in [1.82, 2.24) is 0 Å². The van der Waals surface area contributed by atoms with Gasteiger partial charge in [0, 0.05) is 0 Å². The number of carbonyl (C=O) groups excluding carboxylic acids is 1. The van der Waals surface area contributed by atoms with E-state index >= 15 is 0 Å². The molecule has 0 atom stereocenters. The fourth-order valence-electron chi connectivity index (χ4n) is 1.26. The number of carbonyl (C=O) groups is 1. The Morgan fingerprint density at radius 3 is 2.93 bits per heavy atom. The molecule has 78 valence electrons. The van der Waals surface area contributed by atoms with Gasteiger partial charge in [0.1, 0.15) is 6.61 Å². The van der Waals surface area contributed by atoms with Crippen LogP contribution in [0, 0.1) is 0 Å². The molecular formula is C12H12O3. The summed E-state index contributed by atoms with van der Waals surface area (Å²) in [6, 6.07) is 3.48. The van der Waals surface area contributed by atoms with Crippen LogP contribution in [0.3, 0.4) is 0 Å². The Morgan fingerprint density at radius 1 is 1.47 bits per heavy atom. The van der Waals surface area contributed by atoms with Gasteiger partial charge in [-0.1, -0.05) is 5.57 Å². The Labute approximate surface area is 88.3 Å². The van der Waals surface area contributed by atoms with Gasteiger partial charge in [-0.3, -0.25) is 4.79 Å². The minimum atomic E-state index is 0.461. The van der Waals surface area contributed by atoms with Crippen LogP contribution in [0.25, 0.3) is 0 Å². The quantitative estimate of drug-likeness (QED) is 0.436. The summed E-state index contributed by atoms with van der Waals surface area (Å²) in [5.74, 6) is 2.05. The normalized spacial score (nSPS) is 11.1.